The van der Waals surface area contributed by atoms with Crippen molar-refractivity contribution in [3.8, 4) is 17.2 Å². The number of Topliss-reactive ketones (excluding diaryl/α,β-unsaturated/α-hetero) is 1. The standard InChI is InChI=1S/C28H36N2O6/c1-18(2)17-36-20-10-8-19(9-11-20)26(31)24-25(22-16-21(34-5)12-13-23(22)35-6)30(28(33)27(24)32)15-7-14-29(3)4/h8-13,16,18,25,31H,7,14-15,17H2,1-6H3/t25-/m1/s1. The molecule has 8 nitrogen and oxygen atoms in total. The molecule has 0 aromatic heterocycles. The fourth-order valence-corrected chi connectivity index (χ4v) is 4.17. The van der Waals surface area contributed by atoms with Gasteiger partial charge < -0.3 is 29.1 Å². The Morgan fingerprint density at radius 3 is 2.28 bits per heavy atom. The normalized spacial score (nSPS) is 17.2. The number of hydrogen-bond donors (Lipinski definition) is 1. The van der Waals surface area contributed by atoms with Gasteiger partial charge in [-0.05, 0) is 75.4 Å². The summed E-state index contributed by atoms with van der Waals surface area (Å²) < 4.78 is 16.7. The quantitative estimate of drug-likeness (QED) is 0.285. The number of carbonyl (C=O) groups excluding carboxylic acids is 2. The Balaban J connectivity index is 2.10. The first-order valence-electron chi connectivity index (χ1n) is 12.1. The SMILES string of the molecule is COc1ccc(OC)c([C@@H]2C(=C(O)c3ccc(OCC(C)C)cc3)C(=O)C(=O)N2CCCN(C)C)c1. The summed E-state index contributed by atoms with van der Waals surface area (Å²) >= 11 is 0. The van der Waals surface area contributed by atoms with E-state index in [-0.39, 0.29) is 11.3 Å². The van der Waals surface area contributed by atoms with E-state index in [2.05, 4.69) is 13.8 Å². The fourth-order valence-electron chi connectivity index (χ4n) is 4.17. The summed E-state index contributed by atoms with van der Waals surface area (Å²) in [4.78, 5) is 30.0. The zero-order valence-corrected chi connectivity index (χ0v) is 21.9. The largest absolute Gasteiger partial charge is 0.507 e. The second kappa shape index (κ2) is 11.9. The highest BCUT2D eigenvalue weighted by atomic mass is 16.5. The minimum atomic E-state index is -0.825. The van der Waals surface area contributed by atoms with E-state index in [1.807, 2.05) is 19.0 Å². The molecule has 194 valence electrons. The minimum absolute atomic E-state index is 0.0206. The molecule has 1 atom stereocenters. The molecule has 1 aliphatic heterocycles. The maximum atomic E-state index is 13.3. The third-order valence-electron chi connectivity index (χ3n) is 5.99. The van der Waals surface area contributed by atoms with Crippen LogP contribution < -0.4 is 14.2 Å². The third-order valence-corrected chi connectivity index (χ3v) is 5.99. The summed E-state index contributed by atoms with van der Waals surface area (Å²) in [6.07, 6.45) is 0.657. The summed E-state index contributed by atoms with van der Waals surface area (Å²) in [5.74, 6) is 0.456. The lowest BCUT2D eigenvalue weighted by molar-refractivity contribution is -0.140. The van der Waals surface area contributed by atoms with Crippen molar-refractivity contribution >= 4 is 17.4 Å². The molecule has 0 bridgehead atoms. The molecule has 1 heterocycles. The van der Waals surface area contributed by atoms with Crippen molar-refractivity contribution in [2.24, 2.45) is 5.92 Å². The van der Waals surface area contributed by atoms with Crippen molar-refractivity contribution in [3.63, 3.8) is 0 Å². The molecule has 1 fully saturated rings. The maximum Gasteiger partial charge on any atom is 0.295 e. The lowest BCUT2D eigenvalue weighted by atomic mass is 9.94. The molecule has 1 N–H and O–H groups in total. The van der Waals surface area contributed by atoms with Crippen LogP contribution in [0.1, 0.15) is 37.4 Å². The van der Waals surface area contributed by atoms with E-state index in [1.54, 1.807) is 49.6 Å². The molecular formula is C28H36N2O6. The Morgan fingerprint density at radius 2 is 1.69 bits per heavy atom. The lowest BCUT2D eigenvalue weighted by Crippen LogP contribution is -2.32. The van der Waals surface area contributed by atoms with Gasteiger partial charge in [0.05, 0.1) is 32.4 Å². The van der Waals surface area contributed by atoms with Crippen LogP contribution >= 0.6 is 0 Å². The van der Waals surface area contributed by atoms with E-state index in [0.29, 0.717) is 53.9 Å². The molecule has 0 radical (unpaired) electrons. The van der Waals surface area contributed by atoms with Gasteiger partial charge >= 0.3 is 0 Å². The van der Waals surface area contributed by atoms with Crippen LogP contribution in [0.15, 0.2) is 48.0 Å². The number of aliphatic hydroxyl groups is 1. The predicted molar refractivity (Wildman–Crippen MR) is 139 cm³/mol. The highest BCUT2D eigenvalue weighted by Gasteiger charge is 2.47. The highest BCUT2D eigenvalue weighted by Crippen LogP contribution is 2.44. The number of aliphatic hydroxyl groups excluding tert-OH is 1. The smallest absolute Gasteiger partial charge is 0.295 e. The number of methoxy groups -OCH3 is 2. The van der Waals surface area contributed by atoms with Gasteiger partial charge in [0, 0.05) is 17.7 Å². The zero-order valence-electron chi connectivity index (χ0n) is 21.9. The van der Waals surface area contributed by atoms with Gasteiger partial charge in [-0.15, -0.1) is 0 Å². The van der Waals surface area contributed by atoms with Crippen molar-refractivity contribution in [2.45, 2.75) is 26.3 Å². The average molecular weight is 497 g/mol. The Bertz CT molecular complexity index is 1110. The van der Waals surface area contributed by atoms with E-state index in [4.69, 9.17) is 14.2 Å². The molecule has 1 amide bonds. The van der Waals surface area contributed by atoms with Crippen molar-refractivity contribution < 1.29 is 28.9 Å². The molecule has 0 saturated carbocycles. The number of benzene rings is 2. The first kappa shape index (κ1) is 27.1. The molecule has 1 aliphatic rings. The van der Waals surface area contributed by atoms with Crippen molar-refractivity contribution in [2.75, 3.05) is 48.0 Å². The third kappa shape index (κ3) is 5.99. The van der Waals surface area contributed by atoms with Gasteiger partial charge in [-0.1, -0.05) is 13.8 Å². The van der Waals surface area contributed by atoms with Crippen LogP contribution in [0, 0.1) is 5.92 Å². The Hall–Kier alpha value is -3.52. The van der Waals surface area contributed by atoms with Crippen LogP contribution in [0.4, 0.5) is 0 Å². The number of ketones is 1. The van der Waals surface area contributed by atoms with E-state index < -0.39 is 17.7 Å². The van der Waals surface area contributed by atoms with Crippen molar-refractivity contribution in [1.82, 2.24) is 9.80 Å². The van der Waals surface area contributed by atoms with Gasteiger partial charge in [-0.3, -0.25) is 9.59 Å². The number of likely N-dealkylation sites (tertiary alicyclic amines) is 1. The summed E-state index contributed by atoms with van der Waals surface area (Å²) in [5, 5.41) is 11.3. The number of carbonyl (C=O) groups is 2. The molecule has 36 heavy (non-hydrogen) atoms. The first-order valence-corrected chi connectivity index (χ1v) is 12.1. The molecule has 1 saturated heterocycles. The lowest BCUT2D eigenvalue weighted by Gasteiger charge is -2.27. The van der Waals surface area contributed by atoms with Crippen molar-refractivity contribution in [3.05, 3.63) is 59.2 Å². The molecule has 3 rings (SSSR count). The number of amides is 1. The summed E-state index contributed by atoms with van der Waals surface area (Å²) in [6, 6.07) is 11.2. The van der Waals surface area contributed by atoms with Crippen LogP contribution in [-0.4, -0.2) is 74.6 Å². The number of nitrogens with zero attached hydrogens (tertiary/aromatic N) is 2. The van der Waals surface area contributed by atoms with E-state index in [9.17, 15) is 14.7 Å². The van der Waals surface area contributed by atoms with Gasteiger partial charge in [0.2, 0.25) is 0 Å². The van der Waals surface area contributed by atoms with Gasteiger partial charge in [-0.2, -0.15) is 0 Å². The topological polar surface area (TPSA) is 88.5 Å². The number of hydrogen-bond acceptors (Lipinski definition) is 7. The molecular weight excluding hydrogens is 460 g/mol. The van der Waals surface area contributed by atoms with Crippen molar-refractivity contribution in [1.29, 1.82) is 0 Å². The van der Waals surface area contributed by atoms with Gasteiger partial charge in [-0.25, -0.2) is 0 Å². The highest BCUT2D eigenvalue weighted by molar-refractivity contribution is 6.46. The van der Waals surface area contributed by atoms with Gasteiger partial charge in [0.1, 0.15) is 23.0 Å². The summed E-state index contributed by atoms with van der Waals surface area (Å²) in [6.45, 7) is 5.77. The van der Waals surface area contributed by atoms with E-state index in [1.165, 1.54) is 12.0 Å². The second-order valence-electron chi connectivity index (χ2n) is 9.49. The van der Waals surface area contributed by atoms with Gasteiger partial charge in [0.25, 0.3) is 11.7 Å². The Morgan fingerprint density at radius 1 is 1.03 bits per heavy atom. The van der Waals surface area contributed by atoms with Crippen LogP contribution in [0.2, 0.25) is 0 Å². The summed E-state index contributed by atoms with van der Waals surface area (Å²) in [5.41, 5.74) is 1.01. The maximum absolute atomic E-state index is 13.3. The predicted octanol–water partition coefficient (Wildman–Crippen LogP) is 4.11. The van der Waals surface area contributed by atoms with Crippen LogP contribution in [0.25, 0.3) is 5.76 Å². The molecule has 0 unspecified atom stereocenters. The zero-order chi connectivity index (χ0) is 26.4. The van der Waals surface area contributed by atoms with Crippen LogP contribution in [0.5, 0.6) is 17.2 Å². The van der Waals surface area contributed by atoms with E-state index in [0.717, 1.165) is 6.54 Å². The minimum Gasteiger partial charge on any atom is -0.507 e. The van der Waals surface area contributed by atoms with E-state index >= 15 is 0 Å². The van der Waals surface area contributed by atoms with Gasteiger partial charge in [0.15, 0.2) is 0 Å². The van der Waals surface area contributed by atoms with Crippen LogP contribution in [0.3, 0.4) is 0 Å². The summed E-state index contributed by atoms with van der Waals surface area (Å²) in [7, 11) is 6.97. The molecule has 0 spiro atoms. The molecule has 0 aliphatic carbocycles. The Kier molecular flexibility index (Phi) is 8.98. The number of ether oxygens (including phenoxy) is 3. The Labute approximate surface area is 213 Å². The second-order valence-corrected chi connectivity index (χ2v) is 9.49. The molecule has 8 heteroatoms. The first-order chi connectivity index (χ1) is 17.2. The number of rotatable bonds is 11. The van der Waals surface area contributed by atoms with Crippen LogP contribution in [-0.2, 0) is 9.59 Å². The molecule has 2 aromatic rings. The fraction of sp³-hybridized carbons (Fsp3) is 0.429. The monoisotopic (exact) mass is 496 g/mol. The average Bonchev–Trinajstić information content (AvgIpc) is 3.11. The molecule has 2 aromatic carbocycles.